The van der Waals surface area contributed by atoms with E-state index in [2.05, 4.69) is 22.3 Å². The normalized spacial score (nSPS) is 15.7. The zero-order chi connectivity index (χ0) is 22.0. The van der Waals surface area contributed by atoms with Gasteiger partial charge in [-0.25, -0.2) is 9.66 Å². The molecule has 8 heteroatoms. The van der Waals surface area contributed by atoms with Gasteiger partial charge in [-0.05, 0) is 38.2 Å². The molecule has 0 radical (unpaired) electrons. The van der Waals surface area contributed by atoms with Gasteiger partial charge in [0.05, 0.1) is 36.9 Å². The summed E-state index contributed by atoms with van der Waals surface area (Å²) in [4.78, 5) is 20.7. The lowest BCUT2D eigenvalue weighted by molar-refractivity contribution is 0.282. The summed E-state index contributed by atoms with van der Waals surface area (Å²) in [7, 11) is 5.34. The molecule has 4 rings (SSSR count). The van der Waals surface area contributed by atoms with E-state index in [1.807, 2.05) is 49.4 Å². The van der Waals surface area contributed by atoms with Gasteiger partial charge in [0, 0.05) is 32.2 Å². The number of methoxy groups -OCH3 is 2. The van der Waals surface area contributed by atoms with Gasteiger partial charge in [0.15, 0.2) is 5.82 Å². The third kappa shape index (κ3) is 4.16. The maximum Gasteiger partial charge on any atom is 0.280 e. The van der Waals surface area contributed by atoms with Crippen LogP contribution in [-0.4, -0.2) is 62.0 Å². The van der Waals surface area contributed by atoms with Crippen molar-refractivity contribution in [2.24, 2.45) is 0 Å². The van der Waals surface area contributed by atoms with Crippen LogP contribution in [-0.2, 0) is 0 Å². The highest BCUT2D eigenvalue weighted by Crippen LogP contribution is 2.31. The molecule has 1 aliphatic heterocycles. The summed E-state index contributed by atoms with van der Waals surface area (Å²) < 4.78 is 12.6. The van der Waals surface area contributed by atoms with E-state index in [1.54, 1.807) is 18.9 Å². The number of hydrogen-bond donors (Lipinski definition) is 1. The first-order valence-electron chi connectivity index (χ1n) is 10.5. The van der Waals surface area contributed by atoms with Crippen LogP contribution in [0.4, 0.5) is 5.69 Å². The molecule has 1 N–H and O–H groups in total. The molecular weight excluding hydrogens is 394 g/mol. The fraction of sp³-hybridized carbons (Fsp3) is 0.391. The fourth-order valence-electron chi connectivity index (χ4n) is 3.91. The number of ether oxygens (including phenoxy) is 2. The third-order valence-corrected chi connectivity index (χ3v) is 5.71. The van der Waals surface area contributed by atoms with Gasteiger partial charge in [-0.15, -0.1) is 0 Å². The molecule has 2 aromatic carbocycles. The first kappa shape index (κ1) is 21.0. The van der Waals surface area contributed by atoms with Crippen molar-refractivity contribution in [1.82, 2.24) is 14.6 Å². The molecule has 2 heterocycles. The summed E-state index contributed by atoms with van der Waals surface area (Å²) in [5, 5.41) is 6.19. The molecule has 31 heavy (non-hydrogen) atoms. The van der Waals surface area contributed by atoms with Crippen LogP contribution in [0.15, 0.2) is 47.3 Å². The molecule has 1 aromatic heterocycles. The molecule has 0 amide bonds. The van der Waals surface area contributed by atoms with E-state index in [-0.39, 0.29) is 11.6 Å². The molecule has 0 spiro atoms. The standard InChI is InChI=1S/C23H29N5O3/c1-16(24-20-10-9-17(30-3)15-21(20)31-4)22-25-19-8-6-5-7-18(19)23(29)28(22)27-13-11-26(2)12-14-27/h5-10,15-16,24H,11-14H2,1-4H3. The lowest BCUT2D eigenvalue weighted by Gasteiger charge is -2.36. The summed E-state index contributed by atoms with van der Waals surface area (Å²) >= 11 is 0. The van der Waals surface area contributed by atoms with E-state index >= 15 is 0 Å². The van der Waals surface area contributed by atoms with Gasteiger partial charge in [0.25, 0.3) is 5.56 Å². The van der Waals surface area contributed by atoms with Crippen LogP contribution in [0, 0.1) is 0 Å². The molecule has 1 saturated heterocycles. The second-order valence-electron chi connectivity index (χ2n) is 7.79. The first-order chi connectivity index (χ1) is 15.0. The van der Waals surface area contributed by atoms with Crippen molar-refractivity contribution in [3.05, 3.63) is 58.6 Å². The van der Waals surface area contributed by atoms with Gasteiger partial charge in [0.1, 0.15) is 11.5 Å². The van der Waals surface area contributed by atoms with E-state index in [9.17, 15) is 4.79 Å². The third-order valence-electron chi connectivity index (χ3n) is 5.71. The zero-order valence-electron chi connectivity index (χ0n) is 18.5. The average molecular weight is 424 g/mol. The lowest BCUT2D eigenvalue weighted by Crippen LogP contribution is -2.54. The molecule has 0 bridgehead atoms. The Hall–Kier alpha value is -3.26. The highest BCUT2D eigenvalue weighted by atomic mass is 16.5. The first-order valence-corrected chi connectivity index (χ1v) is 10.5. The number of para-hydroxylation sites is 1. The van der Waals surface area contributed by atoms with Crippen molar-refractivity contribution >= 4 is 16.6 Å². The minimum absolute atomic E-state index is 0.0412. The minimum Gasteiger partial charge on any atom is -0.497 e. The second-order valence-corrected chi connectivity index (χ2v) is 7.79. The van der Waals surface area contributed by atoms with Gasteiger partial charge in [0.2, 0.25) is 0 Å². The van der Waals surface area contributed by atoms with Crippen LogP contribution in [0.5, 0.6) is 11.5 Å². The van der Waals surface area contributed by atoms with Gasteiger partial charge < -0.3 is 24.7 Å². The second kappa shape index (κ2) is 8.85. The van der Waals surface area contributed by atoms with Crippen molar-refractivity contribution < 1.29 is 9.47 Å². The Morgan fingerprint density at radius 1 is 1.03 bits per heavy atom. The van der Waals surface area contributed by atoms with Crippen LogP contribution in [0.2, 0.25) is 0 Å². The Morgan fingerprint density at radius 2 is 1.77 bits per heavy atom. The van der Waals surface area contributed by atoms with Crippen molar-refractivity contribution in [3.8, 4) is 11.5 Å². The van der Waals surface area contributed by atoms with Gasteiger partial charge in [-0.1, -0.05) is 12.1 Å². The Kier molecular flexibility index (Phi) is 5.99. The number of anilines is 1. The number of benzene rings is 2. The highest BCUT2D eigenvalue weighted by Gasteiger charge is 2.24. The van der Waals surface area contributed by atoms with E-state index in [0.29, 0.717) is 28.2 Å². The molecule has 164 valence electrons. The zero-order valence-corrected chi connectivity index (χ0v) is 18.5. The predicted molar refractivity (Wildman–Crippen MR) is 123 cm³/mol. The molecule has 0 saturated carbocycles. The topological polar surface area (TPSA) is 71.9 Å². The van der Waals surface area contributed by atoms with Crippen molar-refractivity contribution in [3.63, 3.8) is 0 Å². The van der Waals surface area contributed by atoms with Crippen LogP contribution in [0.25, 0.3) is 10.9 Å². The molecule has 1 unspecified atom stereocenters. The molecule has 3 aromatic rings. The molecule has 1 atom stereocenters. The predicted octanol–water partition coefficient (Wildman–Crippen LogP) is 2.47. The van der Waals surface area contributed by atoms with Crippen molar-refractivity contribution in [2.75, 3.05) is 57.8 Å². The molecular formula is C23H29N5O3. The number of nitrogens with zero attached hydrogens (tertiary/aromatic N) is 4. The van der Waals surface area contributed by atoms with Crippen LogP contribution in [0.3, 0.4) is 0 Å². The maximum atomic E-state index is 13.5. The van der Waals surface area contributed by atoms with E-state index in [1.165, 1.54) is 0 Å². The van der Waals surface area contributed by atoms with Gasteiger partial charge in [-0.2, -0.15) is 0 Å². The smallest absolute Gasteiger partial charge is 0.280 e. The Morgan fingerprint density at radius 3 is 2.48 bits per heavy atom. The summed E-state index contributed by atoms with van der Waals surface area (Å²) in [6.07, 6.45) is 0. The SMILES string of the molecule is COc1ccc(NC(C)c2nc3ccccc3c(=O)n2N2CCN(C)CC2)c(OC)c1. The summed E-state index contributed by atoms with van der Waals surface area (Å²) in [6.45, 7) is 5.33. The monoisotopic (exact) mass is 423 g/mol. The van der Waals surface area contributed by atoms with E-state index in [4.69, 9.17) is 14.5 Å². The minimum atomic E-state index is -0.237. The Labute approximate surface area is 182 Å². The lowest BCUT2D eigenvalue weighted by atomic mass is 10.2. The number of likely N-dealkylation sites (N-methyl/N-ethyl adjacent to an activating group) is 1. The molecule has 0 aliphatic carbocycles. The summed E-state index contributed by atoms with van der Waals surface area (Å²) in [5.41, 5.74) is 1.46. The van der Waals surface area contributed by atoms with Gasteiger partial charge in [-0.3, -0.25) is 4.79 Å². The summed E-state index contributed by atoms with van der Waals surface area (Å²) in [5.74, 6) is 2.06. The van der Waals surface area contributed by atoms with E-state index < -0.39 is 0 Å². The maximum absolute atomic E-state index is 13.5. The Bertz CT molecular complexity index is 1120. The van der Waals surface area contributed by atoms with Crippen molar-refractivity contribution in [1.29, 1.82) is 0 Å². The number of fused-ring (bicyclic) bond motifs is 1. The fourth-order valence-corrected chi connectivity index (χ4v) is 3.91. The van der Waals surface area contributed by atoms with E-state index in [0.717, 1.165) is 31.9 Å². The van der Waals surface area contributed by atoms with Crippen molar-refractivity contribution in [2.45, 2.75) is 13.0 Å². The largest absolute Gasteiger partial charge is 0.497 e. The molecule has 1 fully saturated rings. The number of aromatic nitrogens is 2. The average Bonchev–Trinajstić information content (AvgIpc) is 2.80. The molecule has 1 aliphatic rings. The number of rotatable bonds is 6. The summed E-state index contributed by atoms with van der Waals surface area (Å²) in [6, 6.07) is 12.9. The molecule has 8 nitrogen and oxygen atoms in total. The number of hydrogen-bond acceptors (Lipinski definition) is 7. The van der Waals surface area contributed by atoms with Crippen LogP contribution >= 0.6 is 0 Å². The van der Waals surface area contributed by atoms with Gasteiger partial charge >= 0.3 is 0 Å². The number of nitrogens with one attached hydrogen (secondary N) is 1. The highest BCUT2D eigenvalue weighted by molar-refractivity contribution is 5.77. The van der Waals surface area contributed by atoms with Crippen LogP contribution < -0.4 is 25.4 Å². The number of piperazine rings is 1. The quantitative estimate of drug-likeness (QED) is 0.653. The Balaban J connectivity index is 1.77. The van der Waals surface area contributed by atoms with Crippen LogP contribution in [0.1, 0.15) is 18.8 Å².